The first-order valence-electron chi connectivity index (χ1n) is 13.5. The van der Waals surface area contributed by atoms with E-state index in [0.29, 0.717) is 50.5 Å². The van der Waals surface area contributed by atoms with E-state index >= 15 is 0 Å². The van der Waals surface area contributed by atoms with Gasteiger partial charge in [-0.2, -0.15) is 0 Å². The van der Waals surface area contributed by atoms with E-state index in [9.17, 15) is 9.59 Å². The molecule has 1 aromatic heterocycles. The number of anilines is 1. The summed E-state index contributed by atoms with van der Waals surface area (Å²) < 4.78 is 6.30. The van der Waals surface area contributed by atoms with Gasteiger partial charge in [0.15, 0.2) is 22.0 Å². The molecule has 1 aliphatic heterocycles. The largest absolute Gasteiger partial charge is 0.453 e. The van der Waals surface area contributed by atoms with E-state index in [1.54, 1.807) is 24.3 Å². The molecule has 2 heterocycles. The topological polar surface area (TPSA) is 78.3 Å². The zero-order valence-corrected chi connectivity index (χ0v) is 21.8. The Morgan fingerprint density at radius 2 is 1.62 bits per heavy atom. The summed E-state index contributed by atoms with van der Waals surface area (Å²) in [6.07, 6.45) is 1.98. The summed E-state index contributed by atoms with van der Waals surface area (Å²) in [6.45, 7) is 5.66. The molecule has 194 valence electrons. The van der Waals surface area contributed by atoms with Crippen molar-refractivity contribution in [3.8, 4) is 0 Å². The number of fused-ring (bicyclic) bond motifs is 6. The number of rotatable bonds is 5. The van der Waals surface area contributed by atoms with Crippen LogP contribution in [0.4, 0.5) is 5.69 Å². The molecule has 6 nitrogen and oxygen atoms in total. The predicted octanol–water partition coefficient (Wildman–Crippen LogP) is 6.11. The zero-order valence-electron chi connectivity index (χ0n) is 21.8. The maximum Gasteiger partial charge on any atom is 0.196 e. The smallest absolute Gasteiger partial charge is 0.196 e. The SMILES string of the molecule is Cc1ccc2[nH]c3c(cc(NCCCN4CCc5ccccc5C4)c4c(=O)c5ccccc5c(=O)c43)oc2c1. The molecule has 39 heavy (non-hydrogen) atoms. The lowest BCUT2D eigenvalue weighted by Gasteiger charge is -2.28. The number of hydrogen-bond acceptors (Lipinski definition) is 5. The van der Waals surface area contributed by atoms with Crippen LogP contribution in [-0.4, -0.2) is 29.5 Å². The average molecular weight is 516 g/mol. The molecule has 0 atom stereocenters. The van der Waals surface area contributed by atoms with Crippen LogP contribution < -0.4 is 16.2 Å². The number of nitrogens with one attached hydrogen (secondary N) is 2. The monoisotopic (exact) mass is 515 g/mol. The van der Waals surface area contributed by atoms with Crippen molar-refractivity contribution in [2.45, 2.75) is 26.3 Å². The third kappa shape index (κ3) is 4.08. The summed E-state index contributed by atoms with van der Waals surface area (Å²) >= 11 is 0. The minimum atomic E-state index is -0.168. The van der Waals surface area contributed by atoms with Crippen LogP contribution in [0.15, 0.2) is 86.8 Å². The van der Waals surface area contributed by atoms with Crippen LogP contribution >= 0.6 is 0 Å². The number of aromatic nitrogens is 1. The predicted molar refractivity (Wildman–Crippen MR) is 159 cm³/mol. The van der Waals surface area contributed by atoms with Gasteiger partial charge in [-0.15, -0.1) is 0 Å². The van der Waals surface area contributed by atoms with Crippen LogP contribution in [-0.2, 0) is 13.0 Å². The Kier molecular flexibility index (Phi) is 5.71. The zero-order chi connectivity index (χ0) is 26.5. The van der Waals surface area contributed by atoms with Crippen molar-refractivity contribution < 1.29 is 4.42 Å². The lowest BCUT2D eigenvalue weighted by molar-refractivity contribution is 0.253. The maximum atomic E-state index is 13.8. The first-order valence-corrected chi connectivity index (χ1v) is 13.5. The van der Waals surface area contributed by atoms with Gasteiger partial charge in [0, 0.05) is 48.7 Å². The molecule has 0 radical (unpaired) electrons. The Labute approximate surface area is 224 Å². The van der Waals surface area contributed by atoms with E-state index in [1.807, 2.05) is 31.2 Å². The normalized spacial score (nSPS) is 13.9. The van der Waals surface area contributed by atoms with E-state index < -0.39 is 0 Å². The summed E-state index contributed by atoms with van der Waals surface area (Å²) in [5, 5.41) is 5.15. The van der Waals surface area contributed by atoms with Gasteiger partial charge in [-0.3, -0.25) is 14.5 Å². The maximum absolute atomic E-state index is 13.8. The van der Waals surface area contributed by atoms with Gasteiger partial charge in [-0.25, -0.2) is 0 Å². The number of H-pyrrole nitrogens is 1. The molecule has 0 unspecified atom stereocenters. The van der Waals surface area contributed by atoms with Crippen molar-refractivity contribution in [1.29, 1.82) is 0 Å². The minimum Gasteiger partial charge on any atom is -0.453 e. The molecule has 6 heteroatoms. The van der Waals surface area contributed by atoms with Gasteiger partial charge in [-0.1, -0.05) is 54.6 Å². The third-order valence-corrected chi connectivity index (χ3v) is 7.95. The second-order valence-corrected chi connectivity index (χ2v) is 10.6. The Hall–Kier alpha value is -4.42. The van der Waals surface area contributed by atoms with Crippen LogP contribution in [0.3, 0.4) is 0 Å². The fourth-order valence-electron chi connectivity index (χ4n) is 5.95. The van der Waals surface area contributed by atoms with Crippen molar-refractivity contribution in [3.05, 3.63) is 110 Å². The molecular formula is C33H29N3O3. The van der Waals surface area contributed by atoms with Gasteiger partial charge in [0.05, 0.1) is 21.8 Å². The van der Waals surface area contributed by atoms with Gasteiger partial charge in [0.1, 0.15) is 0 Å². The number of aryl methyl sites for hydroxylation is 1. The number of nitrogens with zero attached hydrogens (tertiary/aromatic N) is 1. The Balaban J connectivity index is 1.28. The van der Waals surface area contributed by atoms with Crippen molar-refractivity contribution in [2.75, 3.05) is 25.0 Å². The van der Waals surface area contributed by atoms with Gasteiger partial charge in [0.2, 0.25) is 0 Å². The van der Waals surface area contributed by atoms with Crippen molar-refractivity contribution in [1.82, 2.24) is 9.88 Å². The van der Waals surface area contributed by atoms with Gasteiger partial charge >= 0.3 is 0 Å². The number of aromatic amines is 1. The number of hydrogen-bond donors (Lipinski definition) is 2. The third-order valence-electron chi connectivity index (χ3n) is 7.95. The van der Waals surface area contributed by atoms with Gasteiger partial charge < -0.3 is 14.7 Å². The van der Waals surface area contributed by atoms with E-state index in [4.69, 9.17) is 4.42 Å². The Morgan fingerprint density at radius 1 is 0.872 bits per heavy atom. The highest BCUT2D eigenvalue weighted by Crippen LogP contribution is 2.31. The first-order chi connectivity index (χ1) is 19.1. The van der Waals surface area contributed by atoms with E-state index in [0.717, 1.165) is 43.6 Å². The van der Waals surface area contributed by atoms with Gasteiger partial charge in [-0.05, 0) is 48.6 Å². The molecular weight excluding hydrogens is 486 g/mol. The van der Waals surface area contributed by atoms with E-state index in [-0.39, 0.29) is 10.9 Å². The van der Waals surface area contributed by atoms with Crippen LogP contribution in [0.5, 0.6) is 0 Å². The molecule has 0 fully saturated rings. The Morgan fingerprint density at radius 3 is 2.44 bits per heavy atom. The minimum absolute atomic E-state index is 0.144. The summed E-state index contributed by atoms with van der Waals surface area (Å²) in [6, 6.07) is 23.5. The molecule has 0 bridgehead atoms. The van der Waals surface area contributed by atoms with Crippen LogP contribution in [0.2, 0.25) is 0 Å². The van der Waals surface area contributed by atoms with Gasteiger partial charge in [0.25, 0.3) is 0 Å². The van der Waals surface area contributed by atoms with E-state index in [1.165, 1.54) is 11.1 Å². The lowest BCUT2D eigenvalue weighted by atomic mass is 9.99. The highest BCUT2D eigenvalue weighted by Gasteiger charge is 2.20. The summed E-state index contributed by atoms with van der Waals surface area (Å²) in [4.78, 5) is 33.4. The van der Waals surface area contributed by atoms with Crippen molar-refractivity contribution >= 4 is 49.4 Å². The first kappa shape index (κ1) is 23.7. The highest BCUT2D eigenvalue weighted by atomic mass is 16.3. The molecule has 1 aliphatic rings. The quantitative estimate of drug-likeness (QED) is 0.165. The van der Waals surface area contributed by atoms with Crippen LogP contribution in [0.25, 0.3) is 43.7 Å². The molecule has 0 saturated heterocycles. The molecule has 6 aromatic rings. The highest BCUT2D eigenvalue weighted by molar-refractivity contribution is 6.14. The molecule has 0 spiro atoms. The fraction of sp³-hybridized carbons (Fsp3) is 0.212. The molecule has 5 aromatic carbocycles. The second kappa shape index (κ2) is 9.40. The molecule has 0 saturated carbocycles. The van der Waals surface area contributed by atoms with E-state index in [2.05, 4.69) is 39.5 Å². The molecule has 0 amide bonds. The molecule has 0 aliphatic carbocycles. The number of benzene rings is 5. The molecule has 2 N–H and O–H groups in total. The van der Waals surface area contributed by atoms with Crippen molar-refractivity contribution in [2.24, 2.45) is 0 Å². The summed E-state index contributed by atoms with van der Waals surface area (Å²) in [5.41, 5.74) is 6.83. The molecule has 7 rings (SSSR count). The average Bonchev–Trinajstić information content (AvgIpc) is 2.96. The fourth-order valence-corrected chi connectivity index (χ4v) is 5.95. The summed E-state index contributed by atoms with van der Waals surface area (Å²) in [7, 11) is 0. The van der Waals surface area contributed by atoms with Crippen LogP contribution in [0, 0.1) is 6.92 Å². The standard InChI is InChI=1S/C33H29N3O3/c1-20-11-12-25-27(17-20)39-28-18-26(34-14-6-15-36-16-13-21-7-2-3-8-22(21)19-36)29-30(31(28)35-25)33(38)24-10-5-4-9-23(24)32(29)37/h2-5,7-12,17-18,34-35H,6,13-16,19H2,1H3. The van der Waals surface area contributed by atoms with Crippen molar-refractivity contribution in [3.63, 3.8) is 0 Å². The second-order valence-electron chi connectivity index (χ2n) is 10.6. The van der Waals surface area contributed by atoms with Crippen LogP contribution in [0.1, 0.15) is 23.1 Å². The lowest BCUT2D eigenvalue weighted by Crippen LogP contribution is -2.32. The Bertz CT molecular complexity index is 2020. The summed E-state index contributed by atoms with van der Waals surface area (Å²) in [5.74, 6) is 0.